The number of nitrogens with one attached hydrogen (secondary N) is 1. The van der Waals surface area contributed by atoms with Crippen LogP contribution in [0.4, 0.5) is 0 Å². The maximum atomic E-state index is 11.6. The van der Waals surface area contributed by atoms with Gasteiger partial charge in [0.2, 0.25) is 5.91 Å². The lowest BCUT2D eigenvalue weighted by atomic mass is 10.2. The first kappa shape index (κ1) is 9.54. The maximum Gasteiger partial charge on any atom is 0.240 e. The molecule has 2 rings (SSSR count). The number of aromatic nitrogens is 2. The van der Waals surface area contributed by atoms with Gasteiger partial charge in [-0.3, -0.25) is 4.79 Å². The minimum absolute atomic E-state index is 0.0852. The van der Waals surface area contributed by atoms with Crippen molar-refractivity contribution in [1.29, 1.82) is 0 Å². The second kappa shape index (κ2) is 3.29. The third-order valence-corrected chi connectivity index (χ3v) is 2.93. The molecule has 0 aromatic carbocycles. The Morgan fingerprint density at radius 3 is 3.00 bits per heavy atom. The number of nitrogens with two attached hydrogens (primary N) is 1. The number of carbonyl (C=O) groups excluding carboxylic acids is 1. The molecule has 1 atom stereocenters. The van der Waals surface area contributed by atoms with E-state index in [1.54, 1.807) is 0 Å². The average molecular weight is 212 g/mol. The Balaban J connectivity index is 1.95. The first-order valence-electron chi connectivity index (χ1n) is 4.49. The monoisotopic (exact) mass is 212 g/mol. The summed E-state index contributed by atoms with van der Waals surface area (Å²) in [6, 6.07) is -0.109. The lowest BCUT2D eigenvalue weighted by Gasteiger charge is -2.14. The SMILES string of the molecule is CC(NC(=O)C1(N)CC1)c1csnn1. The summed E-state index contributed by atoms with van der Waals surface area (Å²) < 4.78 is 3.74. The molecule has 1 saturated carbocycles. The van der Waals surface area contributed by atoms with Gasteiger partial charge in [-0.25, -0.2) is 0 Å². The van der Waals surface area contributed by atoms with Gasteiger partial charge in [0, 0.05) is 5.38 Å². The highest BCUT2D eigenvalue weighted by atomic mass is 32.1. The number of hydrogen-bond acceptors (Lipinski definition) is 5. The van der Waals surface area contributed by atoms with Crippen LogP contribution in [0.5, 0.6) is 0 Å². The molecular weight excluding hydrogens is 200 g/mol. The fourth-order valence-corrected chi connectivity index (χ4v) is 1.68. The molecule has 14 heavy (non-hydrogen) atoms. The average Bonchev–Trinajstić information content (AvgIpc) is 2.71. The fraction of sp³-hybridized carbons (Fsp3) is 0.625. The molecular formula is C8H12N4OS. The highest BCUT2D eigenvalue weighted by Crippen LogP contribution is 2.32. The van der Waals surface area contributed by atoms with Crippen LogP contribution in [0.3, 0.4) is 0 Å². The lowest BCUT2D eigenvalue weighted by molar-refractivity contribution is -0.123. The van der Waals surface area contributed by atoms with E-state index in [1.807, 2.05) is 12.3 Å². The number of hydrogen-bond donors (Lipinski definition) is 2. The Bertz CT molecular complexity index is 333. The van der Waals surface area contributed by atoms with E-state index in [4.69, 9.17) is 5.73 Å². The minimum Gasteiger partial charge on any atom is -0.346 e. The first-order chi connectivity index (χ1) is 6.62. The van der Waals surface area contributed by atoms with Gasteiger partial charge in [-0.15, -0.1) is 5.10 Å². The summed E-state index contributed by atoms with van der Waals surface area (Å²) >= 11 is 1.27. The molecule has 0 aliphatic heterocycles. The van der Waals surface area contributed by atoms with Crippen molar-refractivity contribution in [3.8, 4) is 0 Å². The van der Waals surface area contributed by atoms with E-state index in [-0.39, 0.29) is 11.9 Å². The Hall–Kier alpha value is -1.01. The number of rotatable bonds is 3. The molecule has 1 fully saturated rings. The predicted octanol–water partition coefficient (Wildman–Crippen LogP) is 0.207. The molecule has 76 valence electrons. The van der Waals surface area contributed by atoms with Gasteiger partial charge in [-0.05, 0) is 31.3 Å². The van der Waals surface area contributed by atoms with E-state index < -0.39 is 5.54 Å². The lowest BCUT2D eigenvalue weighted by Crippen LogP contribution is -2.43. The van der Waals surface area contributed by atoms with Crippen molar-refractivity contribution < 1.29 is 4.79 Å². The zero-order valence-corrected chi connectivity index (χ0v) is 8.67. The van der Waals surface area contributed by atoms with Gasteiger partial charge >= 0.3 is 0 Å². The van der Waals surface area contributed by atoms with E-state index in [1.165, 1.54) is 11.5 Å². The Labute approximate surface area is 85.9 Å². The molecule has 0 spiro atoms. The largest absolute Gasteiger partial charge is 0.346 e. The third-order valence-electron chi connectivity index (χ3n) is 2.41. The van der Waals surface area contributed by atoms with Crippen LogP contribution in [0, 0.1) is 0 Å². The Morgan fingerprint density at radius 1 is 1.79 bits per heavy atom. The van der Waals surface area contributed by atoms with Gasteiger partial charge in [0.15, 0.2) is 0 Å². The molecule has 1 aromatic rings. The zero-order valence-electron chi connectivity index (χ0n) is 7.86. The van der Waals surface area contributed by atoms with Crippen LogP contribution < -0.4 is 11.1 Å². The highest BCUT2D eigenvalue weighted by molar-refractivity contribution is 7.03. The Kier molecular flexibility index (Phi) is 2.24. The molecule has 0 bridgehead atoms. The molecule has 1 heterocycles. The van der Waals surface area contributed by atoms with Crippen molar-refractivity contribution in [2.45, 2.75) is 31.3 Å². The molecule has 3 N–H and O–H groups in total. The van der Waals surface area contributed by atoms with Crippen molar-refractivity contribution in [2.75, 3.05) is 0 Å². The summed E-state index contributed by atoms with van der Waals surface area (Å²) in [5.41, 5.74) is 5.92. The van der Waals surface area contributed by atoms with Crippen LogP contribution in [0.25, 0.3) is 0 Å². The molecule has 1 amide bonds. The number of amides is 1. The van der Waals surface area contributed by atoms with Crippen molar-refractivity contribution in [2.24, 2.45) is 5.73 Å². The second-order valence-electron chi connectivity index (χ2n) is 3.68. The molecule has 0 radical (unpaired) electrons. The minimum atomic E-state index is -0.613. The van der Waals surface area contributed by atoms with Crippen LogP contribution in [0.1, 0.15) is 31.5 Å². The molecule has 1 aromatic heterocycles. The van der Waals surface area contributed by atoms with Gasteiger partial charge < -0.3 is 11.1 Å². The molecule has 1 unspecified atom stereocenters. The van der Waals surface area contributed by atoms with Crippen molar-refractivity contribution >= 4 is 17.4 Å². The van der Waals surface area contributed by atoms with Crippen molar-refractivity contribution in [3.63, 3.8) is 0 Å². The van der Waals surface area contributed by atoms with Gasteiger partial charge in [-0.1, -0.05) is 4.49 Å². The topological polar surface area (TPSA) is 80.9 Å². The van der Waals surface area contributed by atoms with Gasteiger partial charge in [-0.2, -0.15) is 0 Å². The molecule has 6 heteroatoms. The number of nitrogens with zero attached hydrogens (tertiary/aromatic N) is 2. The first-order valence-corrected chi connectivity index (χ1v) is 5.32. The molecule has 1 aliphatic carbocycles. The van der Waals surface area contributed by atoms with Gasteiger partial charge in [0.1, 0.15) is 0 Å². The number of carbonyl (C=O) groups is 1. The summed E-state index contributed by atoms with van der Waals surface area (Å²) in [5.74, 6) is -0.0852. The molecule has 1 aliphatic rings. The smallest absolute Gasteiger partial charge is 0.240 e. The van der Waals surface area contributed by atoms with Crippen LogP contribution in [0.2, 0.25) is 0 Å². The fourth-order valence-electron chi connectivity index (χ4n) is 1.14. The van der Waals surface area contributed by atoms with Crippen LogP contribution >= 0.6 is 11.5 Å². The summed E-state index contributed by atoms with van der Waals surface area (Å²) in [6.45, 7) is 1.88. The predicted molar refractivity (Wildman–Crippen MR) is 52.6 cm³/mol. The third kappa shape index (κ3) is 1.76. The highest BCUT2D eigenvalue weighted by Gasteiger charge is 2.46. The van der Waals surface area contributed by atoms with Gasteiger partial charge in [0.05, 0.1) is 17.3 Å². The van der Waals surface area contributed by atoms with E-state index in [2.05, 4.69) is 14.9 Å². The summed E-state index contributed by atoms with van der Waals surface area (Å²) in [4.78, 5) is 11.6. The maximum absolute atomic E-state index is 11.6. The van der Waals surface area contributed by atoms with E-state index in [0.29, 0.717) is 0 Å². The van der Waals surface area contributed by atoms with E-state index in [9.17, 15) is 4.79 Å². The standard InChI is InChI=1S/C8H12N4OS/c1-5(6-4-14-12-11-6)10-7(13)8(9)2-3-8/h4-5H,2-3,9H2,1H3,(H,10,13). The van der Waals surface area contributed by atoms with Crippen LogP contribution in [-0.4, -0.2) is 21.0 Å². The van der Waals surface area contributed by atoms with E-state index >= 15 is 0 Å². The van der Waals surface area contributed by atoms with Crippen LogP contribution in [-0.2, 0) is 4.79 Å². The van der Waals surface area contributed by atoms with Crippen molar-refractivity contribution in [1.82, 2.24) is 14.9 Å². The molecule has 5 nitrogen and oxygen atoms in total. The second-order valence-corrected chi connectivity index (χ2v) is 4.29. The zero-order chi connectivity index (χ0) is 10.2. The van der Waals surface area contributed by atoms with E-state index in [0.717, 1.165) is 18.5 Å². The molecule has 0 saturated heterocycles. The summed E-state index contributed by atoms with van der Waals surface area (Å²) in [7, 11) is 0. The van der Waals surface area contributed by atoms with Crippen LogP contribution in [0.15, 0.2) is 5.38 Å². The summed E-state index contributed by atoms with van der Waals surface area (Å²) in [5, 5.41) is 8.53. The van der Waals surface area contributed by atoms with Crippen molar-refractivity contribution in [3.05, 3.63) is 11.1 Å². The summed E-state index contributed by atoms with van der Waals surface area (Å²) in [6.07, 6.45) is 1.56. The Morgan fingerprint density at radius 2 is 2.50 bits per heavy atom. The van der Waals surface area contributed by atoms with Gasteiger partial charge in [0.25, 0.3) is 0 Å². The quantitative estimate of drug-likeness (QED) is 0.750. The normalized spacial score (nSPS) is 20.1.